The lowest BCUT2D eigenvalue weighted by atomic mass is 10.1. The molecular formula is C34H29N5O6. The number of carbonyl (C=O) groups is 4. The van der Waals surface area contributed by atoms with E-state index in [1.54, 1.807) is 72.8 Å². The Hall–Kier alpha value is -6.36. The quantitative estimate of drug-likeness (QED) is 0.127. The van der Waals surface area contributed by atoms with Crippen LogP contribution in [0, 0.1) is 0 Å². The molecule has 4 amide bonds. The average molecular weight is 604 g/mol. The number of hydrogen-bond acceptors (Lipinski definition) is 7. The number of carbonyl (C=O) groups excluding carboxylic acids is 4. The lowest BCUT2D eigenvalue weighted by Gasteiger charge is -2.08. The molecule has 0 fully saturated rings. The topological polar surface area (TPSA) is 151 Å². The monoisotopic (exact) mass is 603 g/mol. The van der Waals surface area contributed by atoms with Crippen molar-refractivity contribution >= 4 is 46.4 Å². The van der Waals surface area contributed by atoms with Crippen molar-refractivity contribution in [3.63, 3.8) is 0 Å². The minimum atomic E-state index is -0.550. The van der Waals surface area contributed by atoms with Crippen LogP contribution in [0.15, 0.2) is 114 Å². The van der Waals surface area contributed by atoms with Crippen LogP contribution in [0.5, 0.6) is 11.5 Å². The zero-order chi connectivity index (χ0) is 31.8. The minimum absolute atomic E-state index is 0.0356. The first-order valence-corrected chi connectivity index (χ1v) is 13.8. The second-order valence-corrected chi connectivity index (χ2v) is 9.66. The van der Waals surface area contributed by atoms with Crippen molar-refractivity contribution in [2.45, 2.75) is 0 Å². The molecule has 226 valence electrons. The predicted molar refractivity (Wildman–Crippen MR) is 171 cm³/mol. The van der Waals surface area contributed by atoms with Gasteiger partial charge < -0.3 is 35.7 Å². The normalized spacial score (nSPS) is 10.4. The first-order chi connectivity index (χ1) is 21.8. The zero-order valence-electron chi connectivity index (χ0n) is 24.3. The summed E-state index contributed by atoms with van der Waals surface area (Å²) in [7, 11) is 3.37. The van der Waals surface area contributed by atoms with Crippen LogP contribution in [-0.4, -0.2) is 37.7 Å². The van der Waals surface area contributed by atoms with Crippen molar-refractivity contribution in [2.75, 3.05) is 35.4 Å². The third kappa shape index (κ3) is 7.73. The number of amides is 4. The molecule has 11 heteroatoms. The van der Waals surface area contributed by atoms with Crippen molar-refractivity contribution in [3.8, 4) is 11.5 Å². The highest BCUT2D eigenvalue weighted by molar-refractivity contribution is 6.07. The van der Waals surface area contributed by atoms with Gasteiger partial charge in [-0.15, -0.1) is 0 Å². The molecule has 0 aliphatic heterocycles. The van der Waals surface area contributed by atoms with Gasteiger partial charge in [0.2, 0.25) is 0 Å². The van der Waals surface area contributed by atoms with Crippen LogP contribution >= 0.6 is 0 Å². The van der Waals surface area contributed by atoms with Crippen LogP contribution in [0.1, 0.15) is 41.8 Å². The van der Waals surface area contributed by atoms with E-state index >= 15 is 0 Å². The summed E-state index contributed by atoms with van der Waals surface area (Å²) in [6.07, 6.45) is 0. The number of anilines is 4. The highest BCUT2D eigenvalue weighted by atomic mass is 16.5. The lowest BCUT2D eigenvalue weighted by molar-refractivity contribution is 0.0956. The van der Waals surface area contributed by atoms with Crippen LogP contribution in [0.3, 0.4) is 0 Å². The number of ether oxygens (including phenoxy) is 1. The largest absolute Gasteiger partial charge is 0.457 e. The molecule has 5 rings (SSSR count). The van der Waals surface area contributed by atoms with E-state index in [0.717, 1.165) is 5.69 Å². The van der Waals surface area contributed by atoms with Gasteiger partial charge in [-0.25, -0.2) is 0 Å². The molecule has 1 heterocycles. The fourth-order valence-electron chi connectivity index (χ4n) is 4.16. The van der Waals surface area contributed by atoms with E-state index in [2.05, 4.69) is 26.6 Å². The van der Waals surface area contributed by atoms with Crippen molar-refractivity contribution in [1.82, 2.24) is 5.32 Å². The smallest absolute Gasteiger partial charge is 0.291 e. The maximum Gasteiger partial charge on any atom is 0.291 e. The molecule has 5 N–H and O–H groups in total. The summed E-state index contributed by atoms with van der Waals surface area (Å²) >= 11 is 0. The van der Waals surface area contributed by atoms with Crippen LogP contribution in [0.4, 0.5) is 22.7 Å². The third-order valence-electron chi connectivity index (χ3n) is 6.58. The number of nitrogens with one attached hydrogen (secondary N) is 5. The number of furan rings is 1. The zero-order valence-corrected chi connectivity index (χ0v) is 24.3. The Morgan fingerprint density at radius 3 is 1.27 bits per heavy atom. The fraction of sp³-hybridized carbons (Fsp3) is 0.0588. The van der Waals surface area contributed by atoms with Gasteiger partial charge in [0.1, 0.15) is 11.5 Å². The van der Waals surface area contributed by atoms with Crippen molar-refractivity contribution < 1.29 is 28.3 Å². The second-order valence-electron chi connectivity index (χ2n) is 9.66. The van der Waals surface area contributed by atoms with Gasteiger partial charge >= 0.3 is 0 Å². The Morgan fingerprint density at radius 1 is 0.467 bits per heavy atom. The van der Waals surface area contributed by atoms with Crippen LogP contribution in [-0.2, 0) is 0 Å². The van der Waals surface area contributed by atoms with E-state index in [0.29, 0.717) is 39.7 Å². The molecule has 0 bridgehead atoms. The summed E-state index contributed by atoms with van der Waals surface area (Å²) in [4.78, 5) is 49.7. The summed E-state index contributed by atoms with van der Waals surface area (Å²) in [5.41, 5.74) is 3.29. The lowest BCUT2D eigenvalue weighted by Crippen LogP contribution is -2.18. The van der Waals surface area contributed by atoms with Crippen molar-refractivity contribution in [3.05, 3.63) is 132 Å². The van der Waals surface area contributed by atoms with Crippen LogP contribution in [0.25, 0.3) is 0 Å². The van der Waals surface area contributed by atoms with Gasteiger partial charge in [-0.2, -0.15) is 0 Å². The van der Waals surface area contributed by atoms with E-state index < -0.39 is 11.8 Å². The molecule has 0 spiro atoms. The molecule has 4 aromatic carbocycles. The summed E-state index contributed by atoms with van der Waals surface area (Å²) < 4.78 is 11.3. The van der Waals surface area contributed by atoms with E-state index in [4.69, 9.17) is 9.15 Å². The summed E-state index contributed by atoms with van der Waals surface area (Å²) in [5.74, 6) is -0.466. The Balaban J connectivity index is 1.12. The van der Waals surface area contributed by atoms with Crippen molar-refractivity contribution in [2.24, 2.45) is 0 Å². The summed E-state index contributed by atoms with van der Waals surface area (Å²) in [5, 5.41) is 13.8. The summed E-state index contributed by atoms with van der Waals surface area (Å²) in [6, 6.07) is 29.9. The van der Waals surface area contributed by atoms with Crippen LogP contribution < -0.4 is 31.3 Å². The maximum atomic E-state index is 12.7. The van der Waals surface area contributed by atoms with E-state index in [1.165, 1.54) is 19.2 Å². The first kappa shape index (κ1) is 30.1. The molecular weight excluding hydrogens is 574 g/mol. The number of benzene rings is 4. The van der Waals surface area contributed by atoms with E-state index in [-0.39, 0.29) is 23.3 Å². The van der Waals surface area contributed by atoms with Gasteiger partial charge in [-0.1, -0.05) is 0 Å². The second kappa shape index (κ2) is 13.7. The summed E-state index contributed by atoms with van der Waals surface area (Å²) in [6.45, 7) is 0. The highest BCUT2D eigenvalue weighted by Crippen LogP contribution is 2.25. The van der Waals surface area contributed by atoms with Gasteiger partial charge in [-0.3, -0.25) is 19.2 Å². The fourth-order valence-corrected chi connectivity index (χ4v) is 4.16. The number of hydrogen-bond donors (Lipinski definition) is 5. The predicted octanol–water partition coefficient (Wildman–Crippen LogP) is 6.23. The van der Waals surface area contributed by atoms with Gasteiger partial charge in [-0.05, 0) is 109 Å². The molecule has 0 atom stereocenters. The molecule has 1 aromatic heterocycles. The van der Waals surface area contributed by atoms with Crippen LogP contribution in [0.2, 0.25) is 0 Å². The minimum Gasteiger partial charge on any atom is -0.457 e. The Bertz CT molecular complexity index is 1810. The van der Waals surface area contributed by atoms with Gasteiger partial charge in [0.05, 0.1) is 0 Å². The standard InChI is InChI=1S/C34H29N5O6/c1-35-23-11-15-27(16-12-23)44-28-17-13-26(14-18-28)39-34(43)30-20-19-29(45-30)33(42)38-25-9-7-24(8-10-25)37-32(41)22-5-3-21(4-6-22)31(40)36-2/h3-20,35H,1-2H3,(H,36,40)(H,37,41)(H,38,42)(H,39,43). The molecule has 0 aliphatic carbocycles. The highest BCUT2D eigenvalue weighted by Gasteiger charge is 2.17. The maximum absolute atomic E-state index is 12.7. The molecule has 0 radical (unpaired) electrons. The molecule has 45 heavy (non-hydrogen) atoms. The van der Waals surface area contributed by atoms with E-state index in [9.17, 15) is 19.2 Å². The Morgan fingerprint density at radius 2 is 0.844 bits per heavy atom. The molecule has 0 aliphatic rings. The first-order valence-electron chi connectivity index (χ1n) is 13.8. The molecule has 0 saturated heterocycles. The van der Waals surface area contributed by atoms with Gasteiger partial charge in [0, 0.05) is 48.0 Å². The molecule has 11 nitrogen and oxygen atoms in total. The molecule has 5 aromatic rings. The molecule has 0 unspecified atom stereocenters. The van der Waals surface area contributed by atoms with Crippen molar-refractivity contribution in [1.29, 1.82) is 0 Å². The third-order valence-corrected chi connectivity index (χ3v) is 6.58. The van der Waals surface area contributed by atoms with E-state index in [1.807, 2.05) is 31.3 Å². The van der Waals surface area contributed by atoms with Gasteiger partial charge in [0.15, 0.2) is 11.5 Å². The molecule has 0 saturated carbocycles. The Labute approximate surface area is 258 Å². The van der Waals surface area contributed by atoms with Gasteiger partial charge in [0.25, 0.3) is 23.6 Å². The average Bonchev–Trinajstić information content (AvgIpc) is 3.58. The SMILES string of the molecule is CNC(=O)c1ccc(C(=O)Nc2ccc(NC(=O)c3ccc(C(=O)Nc4ccc(Oc5ccc(NC)cc5)cc4)o3)cc2)cc1. The number of rotatable bonds is 10. The Kier molecular flexibility index (Phi) is 9.19.